The summed E-state index contributed by atoms with van der Waals surface area (Å²) in [5.41, 5.74) is 0. The third-order valence-corrected chi connectivity index (χ3v) is 5.15. The second-order valence-corrected chi connectivity index (χ2v) is 5.60. The Morgan fingerprint density at radius 1 is 1.30 bits per heavy atom. The van der Waals surface area contributed by atoms with E-state index in [4.69, 9.17) is 0 Å². The van der Waals surface area contributed by atoms with Crippen LogP contribution in [0.25, 0.3) is 0 Å². The van der Waals surface area contributed by atoms with Crippen LogP contribution in [0.4, 0.5) is 0 Å². The zero-order chi connectivity index (χ0) is 6.81. The molecule has 2 aliphatic rings. The van der Waals surface area contributed by atoms with E-state index in [2.05, 4.69) is 29.0 Å². The molecule has 10 heavy (non-hydrogen) atoms. The Bertz CT molecular complexity index is 201. The van der Waals surface area contributed by atoms with Crippen molar-refractivity contribution in [2.45, 2.75) is 6.42 Å². The quantitative estimate of drug-likeness (QED) is 0.590. The summed E-state index contributed by atoms with van der Waals surface area (Å²) < 4.78 is 1.61. The number of allylic oxidation sites excluding steroid dienone is 3. The number of rotatable bonds is 1. The van der Waals surface area contributed by atoms with Gasteiger partial charge in [0.2, 0.25) is 0 Å². The Kier molecular flexibility index (Phi) is 1.91. The lowest BCUT2D eigenvalue weighted by Crippen LogP contribution is -1.66. The lowest BCUT2D eigenvalue weighted by atomic mass is 10.5. The van der Waals surface area contributed by atoms with Gasteiger partial charge < -0.3 is 0 Å². The average molecular weight is 170 g/mol. The fraction of sp³-hybridized carbons (Fsp3) is 0.250. The van der Waals surface area contributed by atoms with Gasteiger partial charge in [-0.05, 0) is 17.2 Å². The Hall–Kier alpha value is -0.0800. The minimum atomic E-state index is 0.0167. The van der Waals surface area contributed by atoms with Crippen molar-refractivity contribution < 1.29 is 0 Å². The van der Waals surface area contributed by atoms with Crippen molar-refractivity contribution in [3.8, 4) is 0 Å². The first-order valence-electron chi connectivity index (χ1n) is 3.43. The highest BCUT2D eigenvalue weighted by Gasteiger charge is 2.10. The summed E-state index contributed by atoms with van der Waals surface area (Å²) in [4.78, 5) is 0. The zero-order valence-electron chi connectivity index (χ0n) is 5.66. The van der Waals surface area contributed by atoms with E-state index in [-0.39, 0.29) is 10.9 Å². The molecule has 0 atom stereocenters. The number of thiol groups is 1. The molecule has 0 spiro atoms. The van der Waals surface area contributed by atoms with Crippen LogP contribution in [0, 0.1) is 0 Å². The molecule has 2 heteroatoms. The van der Waals surface area contributed by atoms with Crippen LogP contribution in [-0.4, -0.2) is 5.75 Å². The minimum absolute atomic E-state index is 0.0167. The molecule has 2 rings (SSSR count). The summed E-state index contributed by atoms with van der Waals surface area (Å²) in [6, 6.07) is 0. The zero-order valence-corrected chi connectivity index (χ0v) is 7.37. The molecule has 0 bridgehead atoms. The van der Waals surface area contributed by atoms with Gasteiger partial charge in [0.1, 0.15) is 0 Å². The highest BCUT2D eigenvalue weighted by atomic mass is 32.2. The summed E-state index contributed by atoms with van der Waals surface area (Å²) in [5.74, 6) is 1.30. The third kappa shape index (κ3) is 1.18. The second kappa shape index (κ2) is 2.89. The van der Waals surface area contributed by atoms with Gasteiger partial charge in [-0.1, -0.05) is 18.2 Å². The van der Waals surface area contributed by atoms with Gasteiger partial charge >= 0.3 is 0 Å². The van der Waals surface area contributed by atoms with Crippen LogP contribution in [0.5, 0.6) is 0 Å². The van der Waals surface area contributed by atoms with Gasteiger partial charge in [-0.3, -0.25) is 0 Å². The molecular weight excluding hydrogens is 160 g/mol. The maximum atomic E-state index is 2.39. The molecule has 54 valence electrons. The van der Waals surface area contributed by atoms with Crippen molar-refractivity contribution in [2.24, 2.45) is 0 Å². The topological polar surface area (TPSA) is 0 Å². The Balaban J connectivity index is 2.11. The van der Waals surface area contributed by atoms with Gasteiger partial charge in [0, 0.05) is 9.99 Å². The molecule has 0 aromatic rings. The smallest absolute Gasteiger partial charge is 0.0235 e. The first-order valence-corrected chi connectivity index (χ1v) is 5.90. The molecule has 0 aliphatic carbocycles. The standard InChI is InChI=1S/C8H10S2/c1-2-7-10(6-1)8-4-3-5-9-8/h1-2,4,6-7,10H,3,5H2. The number of hydrogen-bond acceptors (Lipinski definition) is 1. The lowest BCUT2D eigenvalue weighted by Gasteiger charge is -2.08. The molecule has 0 aromatic heterocycles. The lowest BCUT2D eigenvalue weighted by molar-refractivity contribution is 1.28. The van der Waals surface area contributed by atoms with Gasteiger partial charge in [0.25, 0.3) is 0 Å². The molecule has 0 saturated carbocycles. The fourth-order valence-electron chi connectivity index (χ4n) is 1.07. The van der Waals surface area contributed by atoms with E-state index in [9.17, 15) is 0 Å². The normalized spacial score (nSPS) is 26.0. The van der Waals surface area contributed by atoms with Gasteiger partial charge in [-0.2, -0.15) is 10.9 Å². The largest absolute Gasteiger partial charge is 0.181 e. The van der Waals surface area contributed by atoms with Crippen LogP contribution < -0.4 is 0 Å². The van der Waals surface area contributed by atoms with Crippen LogP contribution in [-0.2, 0) is 0 Å². The maximum absolute atomic E-state index is 2.39. The monoisotopic (exact) mass is 170 g/mol. The predicted molar refractivity (Wildman–Crippen MR) is 52.4 cm³/mol. The first kappa shape index (κ1) is 6.62. The molecule has 0 amide bonds. The highest BCUT2D eigenvalue weighted by molar-refractivity contribution is 8.35. The molecule has 0 N–H and O–H groups in total. The molecule has 0 saturated heterocycles. The predicted octanol–water partition coefficient (Wildman–Crippen LogP) is 3.01. The van der Waals surface area contributed by atoms with Crippen molar-refractivity contribution in [1.82, 2.24) is 0 Å². The summed E-state index contributed by atoms with van der Waals surface area (Å²) in [6.45, 7) is 0. The van der Waals surface area contributed by atoms with E-state index in [1.54, 1.807) is 4.24 Å². The summed E-state index contributed by atoms with van der Waals surface area (Å²) >= 11 is 2.03. The van der Waals surface area contributed by atoms with Crippen LogP contribution in [0.3, 0.4) is 0 Å². The van der Waals surface area contributed by atoms with Crippen molar-refractivity contribution >= 4 is 22.7 Å². The third-order valence-electron chi connectivity index (χ3n) is 1.55. The summed E-state index contributed by atoms with van der Waals surface area (Å²) in [5, 5.41) is 4.64. The first-order chi connectivity index (χ1) is 4.97. The van der Waals surface area contributed by atoms with E-state index in [0.29, 0.717) is 0 Å². The van der Waals surface area contributed by atoms with Gasteiger partial charge in [-0.15, -0.1) is 11.8 Å². The Labute approximate surface area is 68.4 Å². The van der Waals surface area contributed by atoms with Crippen molar-refractivity contribution in [3.05, 3.63) is 33.3 Å². The molecule has 0 nitrogen and oxygen atoms in total. The van der Waals surface area contributed by atoms with Crippen LogP contribution in [0.1, 0.15) is 6.42 Å². The fourth-order valence-corrected chi connectivity index (χ4v) is 4.28. The molecule has 2 heterocycles. The Morgan fingerprint density at radius 3 is 2.70 bits per heavy atom. The Morgan fingerprint density at radius 2 is 2.10 bits per heavy atom. The molecule has 0 unspecified atom stereocenters. The van der Waals surface area contributed by atoms with E-state index in [0.717, 1.165) is 0 Å². The SMILES string of the molecule is C1=C[SH](C2=CCCS2)C=C1. The van der Waals surface area contributed by atoms with Crippen molar-refractivity contribution in [3.63, 3.8) is 0 Å². The molecule has 0 fully saturated rings. The van der Waals surface area contributed by atoms with Gasteiger partial charge in [0.15, 0.2) is 0 Å². The number of thioether (sulfide) groups is 1. The molecule has 2 aliphatic heterocycles. The van der Waals surface area contributed by atoms with E-state index >= 15 is 0 Å². The second-order valence-electron chi connectivity index (χ2n) is 2.27. The van der Waals surface area contributed by atoms with Crippen LogP contribution >= 0.6 is 22.7 Å². The molecule has 0 radical (unpaired) electrons. The molecule has 0 aromatic carbocycles. The van der Waals surface area contributed by atoms with E-state index in [1.807, 2.05) is 11.8 Å². The summed E-state index contributed by atoms with van der Waals surface area (Å²) in [6.07, 6.45) is 7.98. The minimum Gasteiger partial charge on any atom is -0.181 e. The summed E-state index contributed by atoms with van der Waals surface area (Å²) in [7, 11) is 0.0167. The van der Waals surface area contributed by atoms with Gasteiger partial charge in [-0.25, -0.2) is 0 Å². The van der Waals surface area contributed by atoms with Crippen LogP contribution in [0.2, 0.25) is 0 Å². The van der Waals surface area contributed by atoms with Crippen LogP contribution in [0.15, 0.2) is 33.3 Å². The average Bonchev–Trinajstić information content (AvgIpc) is 2.59. The van der Waals surface area contributed by atoms with E-state index in [1.165, 1.54) is 12.2 Å². The van der Waals surface area contributed by atoms with E-state index < -0.39 is 0 Å². The number of hydrogen-bond donors (Lipinski definition) is 1. The van der Waals surface area contributed by atoms with Crippen molar-refractivity contribution in [2.75, 3.05) is 5.75 Å². The van der Waals surface area contributed by atoms with Crippen molar-refractivity contribution in [1.29, 1.82) is 0 Å². The molecular formula is C8H10S2. The van der Waals surface area contributed by atoms with Gasteiger partial charge in [0.05, 0.1) is 0 Å². The maximum Gasteiger partial charge on any atom is 0.0235 e. The highest BCUT2D eigenvalue weighted by Crippen LogP contribution is 2.49.